The second kappa shape index (κ2) is 4.55. The minimum atomic E-state index is -0.218. The van der Waals surface area contributed by atoms with E-state index in [1.54, 1.807) is 0 Å². The molecule has 0 spiro atoms. The molecule has 0 bridgehead atoms. The fraction of sp³-hybridized carbons (Fsp3) is 0.727. The molecule has 0 aliphatic carbocycles. The highest BCUT2D eigenvalue weighted by Crippen LogP contribution is 2.15. The van der Waals surface area contributed by atoms with E-state index in [2.05, 4.69) is 0 Å². The van der Waals surface area contributed by atoms with Gasteiger partial charge in [0.15, 0.2) is 5.78 Å². The Morgan fingerprint density at radius 3 is 2.07 bits per heavy atom. The van der Waals surface area contributed by atoms with E-state index < -0.39 is 0 Å². The number of carbonyl (C=O) groups excluding carboxylic acids is 3. The molecule has 1 heterocycles. The molecule has 0 aromatic rings. The number of Topliss-reactive ketones (excluding diaryl/α,β-unsaturated/α-hetero) is 1. The molecule has 2 amide bonds. The Kier molecular flexibility index (Phi) is 3.61. The average molecular weight is 211 g/mol. The van der Waals surface area contributed by atoms with E-state index in [1.165, 1.54) is 0 Å². The van der Waals surface area contributed by atoms with Crippen molar-refractivity contribution in [2.24, 2.45) is 11.8 Å². The van der Waals surface area contributed by atoms with Crippen LogP contribution in [0.4, 0.5) is 0 Å². The summed E-state index contributed by atoms with van der Waals surface area (Å²) in [5.41, 5.74) is 0. The third-order valence-corrected chi connectivity index (χ3v) is 2.98. The van der Waals surface area contributed by atoms with Crippen LogP contribution in [0, 0.1) is 11.8 Å². The number of hydrogen-bond acceptors (Lipinski definition) is 3. The van der Waals surface area contributed by atoms with Crippen LogP contribution in [0.1, 0.15) is 33.6 Å². The zero-order chi connectivity index (χ0) is 11.6. The third-order valence-electron chi connectivity index (χ3n) is 2.98. The third kappa shape index (κ3) is 2.64. The smallest absolute Gasteiger partial charge is 0.230 e. The lowest BCUT2D eigenvalue weighted by Crippen LogP contribution is -2.37. The molecule has 15 heavy (non-hydrogen) atoms. The largest absolute Gasteiger partial charge is 0.297 e. The van der Waals surface area contributed by atoms with E-state index in [-0.39, 0.29) is 48.8 Å². The van der Waals surface area contributed by atoms with Crippen LogP contribution in [-0.2, 0) is 14.4 Å². The number of ketones is 1. The van der Waals surface area contributed by atoms with Crippen molar-refractivity contribution >= 4 is 17.6 Å². The summed E-state index contributed by atoms with van der Waals surface area (Å²) < 4.78 is 0. The zero-order valence-corrected chi connectivity index (χ0v) is 9.45. The Morgan fingerprint density at radius 1 is 1.20 bits per heavy atom. The van der Waals surface area contributed by atoms with Crippen molar-refractivity contribution in [1.82, 2.24) is 4.90 Å². The van der Waals surface area contributed by atoms with Crippen molar-refractivity contribution in [3.05, 3.63) is 0 Å². The predicted molar refractivity (Wildman–Crippen MR) is 55.0 cm³/mol. The van der Waals surface area contributed by atoms with E-state index in [9.17, 15) is 14.4 Å². The first kappa shape index (κ1) is 11.9. The molecule has 1 fully saturated rings. The average Bonchev–Trinajstić information content (AvgIpc) is 2.47. The van der Waals surface area contributed by atoms with Crippen molar-refractivity contribution < 1.29 is 14.4 Å². The maximum Gasteiger partial charge on any atom is 0.230 e. The van der Waals surface area contributed by atoms with Gasteiger partial charge in [-0.15, -0.1) is 0 Å². The normalized spacial score (nSPS) is 18.8. The Bertz CT molecular complexity index is 280. The number of carbonyl (C=O) groups is 3. The van der Waals surface area contributed by atoms with Gasteiger partial charge in [-0.3, -0.25) is 19.3 Å². The van der Waals surface area contributed by atoms with E-state index >= 15 is 0 Å². The highest BCUT2D eigenvalue weighted by atomic mass is 16.2. The van der Waals surface area contributed by atoms with Crippen LogP contribution in [0.15, 0.2) is 0 Å². The monoisotopic (exact) mass is 211 g/mol. The molecule has 1 aliphatic rings. The quantitative estimate of drug-likeness (QED) is 0.652. The van der Waals surface area contributed by atoms with Crippen LogP contribution < -0.4 is 0 Å². The number of nitrogens with zero attached hydrogens (tertiary/aromatic N) is 1. The molecule has 0 saturated carbocycles. The second-order valence-electron chi connectivity index (χ2n) is 4.37. The van der Waals surface area contributed by atoms with Gasteiger partial charge in [-0.25, -0.2) is 0 Å². The van der Waals surface area contributed by atoms with Crippen molar-refractivity contribution in [1.29, 1.82) is 0 Å². The number of hydrogen-bond donors (Lipinski definition) is 0. The van der Waals surface area contributed by atoms with E-state index in [1.807, 2.05) is 20.8 Å². The molecule has 1 saturated heterocycles. The van der Waals surface area contributed by atoms with Gasteiger partial charge in [0.25, 0.3) is 0 Å². The van der Waals surface area contributed by atoms with Crippen LogP contribution in [0.2, 0.25) is 0 Å². The number of amides is 2. The molecular formula is C11H17NO3. The summed E-state index contributed by atoms with van der Waals surface area (Å²) in [5.74, 6) is -0.335. The Hall–Kier alpha value is -1.19. The molecule has 0 aromatic carbocycles. The maximum atomic E-state index is 11.7. The number of imide groups is 1. The second-order valence-corrected chi connectivity index (χ2v) is 4.37. The molecule has 1 rings (SSSR count). The molecule has 0 aromatic heterocycles. The van der Waals surface area contributed by atoms with Crippen LogP contribution in [0.5, 0.6) is 0 Å². The maximum absolute atomic E-state index is 11.7. The van der Waals surface area contributed by atoms with Gasteiger partial charge < -0.3 is 0 Å². The summed E-state index contributed by atoms with van der Waals surface area (Å²) in [4.78, 5) is 35.3. The minimum absolute atomic E-state index is 0.0337. The van der Waals surface area contributed by atoms with Crippen LogP contribution in [0.25, 0.3) is 0 Å². The first-order valence-electron chi connectivity index (χ1n) is 5.29. The van der Waals surface area contributed by atoms with Gasteiger partial charge in [0, 0.05) is 18.8 Å². The molecule has 0 radical (unpaired) electrons. The van der Waals surface area contributed by atoms with Gasteiger partial charge >= 0.3 is 0 Å². The van der Waals surface area contributed by atoms with Crippen LogP contribution in [-0.4, -0.2) is 29.0 Å². The highest BCUT2D eigenvalue weighted by molar-refractivity contribution is 6.04. The molecule has 4 nitrogen and oxygen atoms in total. The molecule has 4 heteroatoms. The van der Waals surface area contributed by atoms with Crippen LogP contribution >= 0.6 is 0 Å². The lowest BCUT2D eigenvalue weighted by Gasteiger charge is -2.18. The van der Waals surface area contributed by atoms with E-state index in [4.69, 9.17) is 0 Å². The summed E-state index contributed by atoms with van der Waals surface area (Å²) >= 11 is 0. The molecular weight excluding hydrogens is 194 g/mol. The predicted octanol–water partition coefficient (Wildman–Crippen LogP) is 0.997. The SMILES string of the molecule is CC(C)[C@H](C)C(=O)CN1C(=O)CCC1=O. The van der Waals surface area contributed by atoms with Crippen molar-refractivity contribution in [2.45, 2.75) is 33.6 Å². The Balaban J connectivity index is 2.58. The standard InChI is InChI=1S/C11H17NO3/c1-7(2)8(3)9(13)6-12-10(14)4-5-11(12)15/h7-8H,4-6H2,1-3H3/t8-/m0/s1. The van der Waals surface area contributed by atoms with E-state index in [0.29, 0.717) is 0 Å². The fourth-order valence-electron chi connectivity index (χ4n) is 1.47. The molecule has 1 aliphatic heterocycles. The number of likely N-dealkylation sites (tertiary alicyclic amines) is 1. The highest BCUT2D eigenvalue weighted by Gasteiger charge is 2.31. The Labute approximate surface area is 89.6 Å². The van der Waals surface area contributed by atoms with Gasteiger partial charge in [0.2, 0.25) is 11.8 Å². The summed E-state index contributed by atoms with van der Waals surface area (Å²) in [6.45, 7) is 5.70. The Morgan fingerprint density at radius 2 is 1.67 bits per heavy atom. The van der Waals surface area contributed by atoms with Crippen molar-refractivity contribution in [2.75, 3.05) is 6.54 Å². The number of rotatable bonds is 4. The summed E-state index contributed by atoms with van der Waals surface area (Å²) in [6, 6.07) is 0. The molecule has 1 atom stereocenters. The summed E-state index contributed by atoms with van der Waals surface area (Å²) in [7, 11) is 0. The molecule has 0 unspecified atom stereocenters. The zero-order valence-electron chi connectivity index (χ0n) is 9.45. The summed E-state index contributed by atoms with van der Waals surface area (Å²) in [5, 5.41) is 0. The summed E-state index contributed by atoms with van der Waals surface area (Å²) in [6.07, 6.45) is 0.504. The van der Waals surface area contributed by atoms with Gasteiger partial charge in [0.1, 0.15) is 0 Å². The molecule has 0 N–H and O–H groups in total. The lowest BCUT2D eigenvalue weighted by molar-refractivity contribution is -0.142. The van der Waals surface area contributed by atoms with E-state index in [0.717, 1.165) is 4.90 Å². The lowest BCUT2D eigenvalue weighted by atomic mass is 9.93. The van der Waals surface area contributed by atoms with Gasteiger partial charge in [0.05, 0.1) is 6.54 Å². The minimum Gasteiger partial charge on any atom is -0.297 e. The first-order valence-corrected chi connectivity index (χ1v) is 5.29. The topological polar surface area (TPSA) is 54.5 Å². The van der Waals surface area contributed by atoms with Gasteiger partial charge in [-0.05, 0) is 5.92 Å². The fourth-order valence-corrected chi connectivity index (χ4v) is 1.47. The van der Waals surface area contributed by atoms with Crippen molar-refractivity contribution in [3.63, 3.8) is 0 Å². The van der Waals surface area contributed by atoms with Gasteiger partial charge in [-0.1, -0.05) is 20.8 Å². The first-order chi connectivity index (χ1) is 6.93. The molecule has 84 valence electrons. The van der Waals surface area contributed by atoms with Crippen LogP contribution in [0.3, 0.4) is 0 Å². The van der Waals surface area contributed by atoms with Gasteiger partial charge in [-0.2, -0.15) is 0 Å². The van der Waals surface area contributed by atoms with Crippen molar-refractivity contribution in [3.8, 4) is 0 Å².